The van der Waals surface area contributed by atoms with Crippen LogP contribution in [-0.2, 0) is 0 Å². The van der Waals surface area contributed by atoms with Gasteiger partial charge in [-0.3, -0.25) is 11.3 Å². The zero-order valence-electron chi connectivity index (χ0n) is 7.44. The summed E-state index contributed by atoms with van der Waals surface area (Å²) in [5, 5.41) is 0. The van der Waals surface area contributed by atoms with E-state index < -0.39 is 0 Å². The number of rotatable bonds is 6. The average Bonchev–Trinajstić information content (AvgIpc) is 2.01. The van der Waals surface area contributed by atoms with Crippen LogP contribution in [0.5, 0.6) is 0 Å². The molecule has 0 saturated carbocycles. The van der Waals surface area contributed by atoms with E-state index in [9.17, 15) is 0 Å². The number of halogens is 1. The van der Waals surface area contributed by atoms with Crippen molar-refractivity contribution in [1.29, 1.82) is 0 Å². The highest BCUT2D eigenvalue weighted by Gasteiger charge is 2.04. The summed E-state index contributed by atoms with van der Waals surface area (Å²) in [5.41, 5.74) is 2.74. The number of hydrazine groups is 1. The molecule has 0 fully saturated rings. The highest BCUT2D eigenvalue weighted by Crippen LogP contribution is 2.14. The molecule has 0 spiro atoms. The fourth-order valence-corrected chi connectivity index (χ4v) is 1.69. The van der Waals surface area contributed by atoms with Crippen LogP contribution in [0.1, 0.15) is 39.5 Å². The summed E-state index contributed by atoms with van der Waals surface area (Å²) < 4.78 is 0. The maximum Gasteiger partial charge on any atom is 0.0182 e. The molecule has 3 heteroatoms. The monoisotopic (exact) mass is 222 g/mol. The summed E-state index contributed by atoms with van der Waals surface area (Å²) in [7, 11) is 0. The van der Waals surface area contributed by atoms with Crippen LogP contribution in [0, 0.1) is 0 Å². The molecule has 3 N–H and O–H groups in total. The van der Waals surface area contributed by atoms with Crippen LogP contribution in [0.2, 0.25) is 0 Å². The summed E-state index contributed by atoms with van der Waals surface area (Å²) in [6, 6.07) is 0.437. The van der Waals surface area contributed by atoms with Crippen LogP contribution in [0.15, 0.2) is 0 Å². The third-order valence-corrected chi connectivity index (χ3v) is 2.72. The van der Waals surface area contributed by atoms with Gasteiger partial charge < -0.3 is 0 Å². The lowest BCUT2D eigenvalue weighted by molar-refractivity contribution is 0.502. The van der Waals surface area contributed by atoms with Gasteiger partial charge in [0, 0.05) is 10.9 Å². The molecule has 0 radical (unpaired) electrons. The zero-order chi connectivity index (χ0) is 8.69. The van der Waals surface area contributed by atoms with Crippen molar-refractivity contribution in [2.24, 2.45) is 5.84 Å². The Morgan fingerprint density at radius 3 is 2.45 bits per heavy atom. The van der Waals surface area contributed by atoms with Gasteiger partial charge in [0.2, 0.25) is 0 Å². The molecule has 68 valence electrons. The second kappa shape index (κ2) is 7.07. The summed E-state index contributed by atoms with van der Waals surface area (Å²) in [4.78, 5) is 0.670. The molecule has 0 aromatic carbocycles. The molecule has 0 saturated heterocycles. The molecule has 11 heavy (non-hydrogen) atoms. The van der Waals surface area contributed by atoms with Crippen molar-refractivity contribution in [1.82, 2.24) is 5.43 Å². The lowest BCUT2D eigenvalue weighted by atomic mass is 10.1. The molecule has 0 aliphatic heterocycles. The van der Waals surface area contributed by atoms with Crippen molar-refractivity contribution in [2.45, 2.75) is 50.4 Å². The van der Waals surface area contributed by atoms with E-state index in [2.05, 4.69) is 35.2 Å². The lowest BCUT2D eigenvalue weighted by Gasteiger charge is -2.12. The second-order valence-electron chi connectivity index (χ2n) is 3.03. The molecule has 1 unspecified atom stereocenters. The normalized spacial score (nSPS) is 16.4. The predicted octanol–water partition coefficient (Wildman–Crippen LogP) is 2.18. The summed E-state index contributed by atoms with van der Waals surface area (Å²) >= 11 is 3.63. The standard InChI is InChI=1S/C8H19BrN2/c1-3-4-8(9)6-5-7(2)11-10/h7-8,11H,3-6,10H2,1-2H3/t7?,8-/m0/s1. The number of hydrogen-bond acceptors (Lipinski definition) is 2. The van der Waals surface area contributed by atoms with Gasteiger partial charge in [0.1, 0.15) is 0 Å². The van der Waals surface area contributed by atoms with Crippen molar-refractivity contribution in [3.05, 3.63) is 0 Å². The van der Waals surface area contributed by atoms with E-state index in [1.807, 2.05) is 0 Å². The highest BCUT2D eigenvalue weighted by atomic mass is 79.9. The number of nitrogens with two attached hydrogens (primary N) is 1. The molecule has 0 heterocycles. The number of alkyl halides is 1. The Morgan fingerprint density at radius 1 is 1.36 bits per heavy atom. The van der Waals surface area contributed by atoms with Gasteiger partial charge in [0.25, 0.3) is 0 Å². The Bertz CT molecular complexity index is 88.2. The first kappa shape index (κ1) is 11.4. The van der Waals surface area contributed by atoms with Crippen molar-refractivity contribution in [3.8, 4) is 0 Å². The molecule has 0 aromatic heterocycles. The first-order valence-corrected chi connectivity index (χ1v) is 5.22. The summed E-state index contributed by atoms with van der Waals surface area (Å²) in [5.74, 6) is 5.27. The molecule has 0 bridgehead atoms. The van der Waals surface area contributed by atoms with Crippen LogP contribution in [0.3, 0.4) is 0 Å². The first-order chi connectivity index (χ1) is 5.20. The zero-order valence-corrected chi connectivity index (χ0v) is 9.02. The Kier molecular flexibility index (Phi) is 7.33. The molecule has 0 aliphatic rings. The molecular formula is C8H19BrN2. The van der Waals surface area contributed by atoms with E-state index in [0.717, 1.165) is 6.42 Å². The highest BCUT2D eigenvalue weighted by molar-refractivity contribution is 9.09. The van der Waals surface area contributed by atoms with E-state index in [-0.39, 0.29) is 0 Å². The minimum Gasteiger partial charge on any atom is -0.271 e. The van der Waals surface area contributed by atoms with Crippen LogP contribution in [0.4, 0.5) is 0 Å². The quantitative estimate of drug-likeness (QED) is 0.411. The van der Waals surface area contributed by atoms with Gasteiger partial charge in [-0.2, -0.15) is 0 Å². The maximum absolute atomic E-state index is 5.27. The fraction of sp³-hybridized carbons (Fsp3) is 1.00. The predicted molar refractivity (Wildman–Crippen MR) is 53.6 cm³/mol. The van der Waals surface area contributed by atoms with E-state index >= 15 is 0 Å². The Morgan fingerprint density at radius 2 is 2.00 bits per heavy atom. The average molecular weight is 223 g/mol. The van der Waals surface area contributed by atoms with Crippen LogP contribution >= 0.6 is 15.9 Å². The van der Waals surface area contributed by atoms with Gasteiger partial charge in [-0.1, -0.05) is 29.3 Å². The minimum atomic E-state index is 0.437. The Hall–Kier alpha value is 0.400. The largest absolute Gasteiger partial charge is 0.271 e. The number of hydrogen-bond donors (Lipinski definition) is 2. The molecule has 0 amide bonds. The first-order valence-electron chi connectivity index (χ1n) is 4.30. The Balaban J connectivity index is 3.22. The van der Waals surface area contributed by atoms with Crippen molar-refractivity contribution >= 4 is 15.9 Å². The maximum atomic E-state index is 5.27. The topological polar surface area (TPSA) is 38.0 Å². The molecule has 0 aliphatic carbocycles. The molecular weight excluding hydrogens is 204 g/mol. The van der Waals surface area contributed by atoms with Crippen molar-refractivity contribution in [3.63, 3.8) is 0 Å². The lowest BCUT2D eigenvalue weighted by Crippen LogP contribution is -2.32. The van der Waals surface area contributed by atoms with Gasteiger partial charge in [0.15, 0.2) is 0 Å². The third kappa shape index (κ3) is 6.78. The molecule has 2 nitrogen and oxygen atoms in total. The van der Waals surface area contributed by atoms with Gasteiger partial charge >= 0.3 is 0 Å². The van der Waals surface area contributed by atoms with Crippen LogP contribution < -0.4 is 11.3 Å². The second-order valence-corrected chi connectivity index (χ2v) is 4.33. The van der Waals surface area contributed by atoms with Crippen LogP contribution in [-0.4, -0.2) is 10.9 Å². The van der Waals surface area contributed by atoms with E-state index in [4.69, 9.17) is 5.84 Å². The smallest absolute Gasteiger partial charge is 0.0182 e. The van der Waals surface area contributed by atoms with Gasteiger partial charge in [-0.15, -0.1) is 0 Å². The van der Waals surface area contributed by atoms with Crippen LogP contribution in [0.25, 0.3) is 0 Å². The number of nitrogens with one attached hydrogen (secondary N) is 1. The molecule has 0 aromatic rings. The summed E-state index contributed by atoms with van der Waals surface area (Å²) in [6.07, 6.45) is 4.86. The molecule has 2 atom stereocenters. The summed E-state index contributed by atoms with van der Waals surface area (Å²) in [6.45, 7) is 4.31. The van der Waals surface area contributed by atoms with Gasteiger partial charge in [-0.05, 0) is 26.2 Å². The fourth-order valence-electron chi connectivity index (χ4n) is 0.972. The third-order valence-electron chi connectivity index (χ3n) is 1.80. The van der Waals surface area contributed by atoms with Crippen molar-refractivity contribution < 1.29 is 0 Å². The SMILES string of the molecule is CCC[C@H](Br)CCC(C)NN. The molecule has 0 rings (SSSR count). The van der Waals surface area contributed by atoms with E-state index in [1.165, 1.54) is 19.3 Å². The van der Waals surface area contributed by atoms with Crippen molar-refractivity contribution in [2.75, 3.05) is 0 Å². The van der Waals surface area contributed by atoms with Gasteiger partial charge in [-0.25, -0.2) is 0 Å². The van der Waals surface area contributed by atoms with E-state index in [0.29, 0.717) is 10.9 Å². The van der Waals surface area contributed by atoms with E-state index in [1.54, 1.807) is 0 Å². The van der Waals surface area contributed by atoms with Gasteiger partial charge in [0.05, 0.1) is 0 Å². The Labute approximate surface area is 78.0 Å². The minimum absolute atomic E-state index is 0.437.